The number of rotatable bonds is 4. The van der Waals surface area contributed by atoms with Crippen LogP contribution in [0.15, 0.2) is 22.7 Å². The first kappa shape index (κ1) is 16.8. The van der Waals surface area contributed by atoms with Crippen molar-refractivity contribution in [1.29, 1.82) is 0 Å². The number of ether oxygens (including phenoxy) is 1. The minimum atomic E-state index is -0.160. The second kappa shape index (κ2) is 7.60. The molecule has 0 unspecified atom stereocenters. The molecule has 0 radical (unpaired) electrons. The molecule has 0 spiro atoms. The lowest BCUT2D eigenvalue weighted by molar-refractivity contribution is -0.137. The summed E-state index contributed by atoms with van der Waals surface area (Å²) in [4.78, 5) is 25.3. The van der Waals surface area contributed by atoms with Gasteiger partial charge in [0, 0.05) is 19.0 Å². The number of hydrazine groups is 1. The molecule has 1 aromatic rings. The van der Waals surface area contributed by atoms with Gasteiger partial charge in [0.1, 0.15) is 5.75 Å². The number of halogens is 1. The molecule has 2 rings (SSSR count). The number of piperidine rings is 1. The molecule has 1 saturated heterocycles. The summed E-state index contributed by atoms with van der Waals surface area (Å²) in [5.41, 5.74) is 3.28. The second-order valence-corrected chi connectivity index (χ2v) is 6.24. The average molecular weight is 370 g/mol. The third-order valence-corrected chi connectivity index (χ3v) is 4.42. The predicted molar refractivity (Wildman–Crippen MR) is 86.0 cm³/mol. The molecule has 1 heterocycles. The number of nitrogens with two attached hydrogens (primary N) is 1. The molecule has 0 atom stereocenters. The molecule has 1 aromatic carbocycles. The monoisotopic (exact) mass is 369 g/mol. The fraction of sp³-hybridized carbons (Fsp3) is 0.467. The molecule has 6 nitrogen and oxygen atoms in total. The Hall–Kier alpha value is -1.60. The van der Waals surface area contributed by atoms with Gasteiger partial charge in [-0.15, -0.1) is 0 Å². The van der Waals surface area contributed by atoms with E-state index in [1.165, 1.54) is 0 Å². The quantitative estimate of drug-likeness (QED) is 0.476. The van der Waals surface area contributed by atoms with Gasteiger partial charge in [-0.25, -0.2) is 5.84 Å². The maximum Gasteiger partial charge on any atom is 0.260 e. The van der Waals surface area contributed by atoms with Gasteiger partial charge < -0.3 is 9.64 Å². The third kappa shape index (κ3) is 4.20. The van der Waals surface area contributed by atoms with Gasteiger partial charge in [-0.1, -0.05) is 6.07 Å². The van der Waals surface area contributed by atoms with E-state index < -0.39 is 0 Å². The first-order valence-corrected chi connectivity index (χ1v) is 7.97. The van der Waals surface area contributed by atoms with E-state index >= 15 is 0 Å². The van der Waals surface area contributed by atoms with Crippen LogP contribution in [0.1, 0.15) is 18.4 Å². The van der Waals surface area contributed by atoms with Crippen LogP contribution < -0.4 is 16.0 Å². The molecular weight excluding hydrogens is 350 g/mol. The number of likely N-dealkylation sites (tertiary alicyclic amines) is 1. The van der Waals surface area contributed by atoms with Crippen molar-refractivity contribution in [1.82, 2.24) is 10.3 Å². The van der Waals surface area contributed by atoms with Crippen LogP contribution >= 0.6 is 15.9 Å². The topological polar surface area (TPSA) is 84.7 Å². The fourth-order valence-electron chi connectivity index (χ4n) is 2.46. The normalized spacial score (nSPS) is 15.5. The van der Waals surface area contributed by atoms with Gasteiger partial charge in [0.05, 0.1) is 4.47 Å². The van der Waals surface area contributed by atoms with Crippen molar-refractivity contribution in [2.24, 2.45) is 11.8 Å². The lowest BCUT2D eigenvalue weighted by Gasteiger charge is -2.31. The molecule has 0 aliphatic carbocycles. The van der Waals surface area contributed by atoms with Gasteiger partial charge in [-0.2, -0.15) is 0 Å². The Labute approximate surface area is 138 Å². The molecule has 1 aliphatic heterocycles. The molecule has 0 aromatic heterocycles. The Morgan fingerprint density at radius 2 is 2.09 bits per heavy atom. The summed E-state index contributed by atoms with van der Waals surface area (Å²) in [5.74, 6) is 5.44. The van der Waals surface area contributed by atoms with Gasteiger partial charge in [-0.3, -0.25) is 15.0 Å². The maximum absolute atomic E-state index is 12.2. The summed E-state index contributed by atoms with van der Waals surface area (Å²) in [6, 6.07) is 5.71. The van der Waals surface area contributed by atoms with Crippen molar-refractivity contribution in [3.05, 3.63) is 28.2 Å². The zero-order valence-corrected chi connectivity index (χ0v) is 14.1. The standard InChI is InChI=1S/C15H20BrN3O3/c1-10-2-3-13(12(16)8-10)22-9-14(20)19-6-4-11(5-7-19)15(21)18-17/h2-3,8,11H,4-7,9,17H2,1H3,(H,18,21). The molecule has 0 bridgehead atoms. The van der Waals surface area contributed by atoms with Crippen LogP contribution in [0.4, 0.5) is 0 Å². The van der Waals surface area contributed by atoms with E-state index in [4.69, 9.17) is 10.6 Å². The van der Waals surface area contributed by atoms with Crippen LogP contribution in [0, 0.1) is 12.8 Å². The lowest BCUT2D eigenvalue weighted by Crippen LogP contribution is -2.45. The summed E-state index contributed by atoms with van der Waals surface area (Å²) < 4.78 is 6.40. The average Bonchev–Trinajstić information content (AvgIpc) is 2.53. The zero-order valence-electron chi connectivity index (χ0n) is 12.5. The summed E-state index contributed by atoms with van der Waals surface area (Å²) >= 11 is 3.42. The van der Waals surface area contributed by atoms with E-state index in [1.807, 2.05) is 25.1 Å². The van der Waals surface area contributed by atoms with E-state index in [-0.39, 0.29) is 24.3 Å². The summed E-state index contributed by atoms with van der Waals surface area (Å²) in [5, 5.41) is 0. The Morgan fingerprint density at radius 3 is 2.68 bits per heavy atom. The number of hydrogen-bond acceptors (Lipinski definition) is 4. The summed E-state index contributed by atoms with van der Waals surface area (Å²) in [6.45, 7) is 3.08. The van der Waals surface area contributed by atoms with E-state index in [1.54, 1.807) is 4.90 Å². The number of nitrogens with one attached hydrogen (secondary N) is 1. The SMILES string of the molecule is Cc1ccc(OCC(=O)N2CCC(C(=O)NN)CC2)c(Br)c1. The first-order chi connectivity index (χ1) is 10.5. The number of hydrogen-bond donors (Lipinski definition) is 2. The van der Waals surface area contributed by atoms with E-state index in [0.29, 0.717) is 31.7 Å². The number of carbonyl (C=O) groups is 2. The van der Waals surface area contributed by atoms with Gasteiger partial charge in [0.25, 0.3) is 5.91 Å². The highest BCUT2D eigenvalue weighted by Crippen LogP contribution is 2.26. The largest absolute Gasteiger partial charge is 0.483 e. The third-order valence-electron chi connectivity index (χ3n) is 3.80. The molecule has 3 N–H and O–H groups in total. The number of benzene rings is 1. The number of amides is 2. The molecule has 1 fully saturated rings. The minimum absolute atomic E-state index is 0.00455. The van der Waals surface area contributed by atoms with Crippen LogP contribution in [0.5, 0.6) is 5.75 Å². The molecular formula is C15H20BrN3O3. The van der Waals surface area contributed by atoms with E-state index in [9.17, 15) is 9.59 Å². The number of nitrogens with zero attached hydrogens (tertiary/aromatic N) is 1. The van der Waals surface area contributed by atoms with E-state index in [0.717, 1.165) is 10.0 Å². The zero-order chi connectivity index (χ0) is 16.1. The van der Waals surface area contributed by atoms with Crippen LogP contribution in [-0.2, 0) is 9.59 Å². The highest BCUT2D eigenvalue weighted by molar-refractivity contribution is 9.10. The van der Waals surface area contributed by atoms with Crippen molar-refractivity contribution in [3.63, 3.8) is 0 Å². The maximum atomic E-state index is 12.2. The molecule has 2 amide bonds. The summed E-state index contributed by atoms with van der Waals surface area (Å²) in [6.07, 6.45) is 1.26. The van der Waals surface area contributed by atoms with Crippen molar-refractivity contribution in [3.8, 4) is 5.75 Å². The highest BCUT2D eigenvalue weighted by Gasteiger charge is 2.27. The van der Waals surface area contributed by atoms with Crippen molar-refractivity contribution in [2.75, 3.05) is 19.7 Å². The molecule has 1 aliphatic rings. The highest BCUT2D eigenvalue weighted by atomic mass is 79.9. The Balaban J connectivity index is 1.82. The molecule has 0 saturated carbocycles. The van der Waals surface area contributed by atoms with Gasteiger partial charge in [0.2, 0.25) is 5.91 Å². The lowest BCUT2D eigenvalue weighted by atomic mass is 9.96. The first-order valence-electron chi connectivity index (χ1n) is 7.18. The van der Waals surface area contributed by atoms with Crippen LogP contribution in [0.3, 0.4) is 0 Å². The van der Waals surface area contributed by atoms with Crippen LogP contribution in [0.2, 0.25) is 0 Å². The number of carbonyl (C=O) groups excluding carboxylic acids is 2. The second-order valence-electron chi connectivity index (χ2n) is 5.39. The van der Waals surface area contributed by atoms with Gasteiger partial charge in [0.15, 0.2) is 6.61 Å². The van der Waals surface area contributed by atoms with Crippen LogP contribution in [0.25, 0.3) is 0 Å². The van der Waals surface area contributed by atoms with E-state index in [2.05, 4.69) is 21.4 Å². The van der Waals surface area contributed by atoms with Crippen molar-refractivity contribution >= 4 is 27.7 Å². The fourth-order valence-corrected chi connectivity index (χ4v) is 3.07. The predicted octanol–water partition coefficient (Wildman–Crippen LogP) is 1.36. The molecule has 120 valence electrons. The molecule has 7 heteroatoms. The Bertz CT molecular complexity index is 557. The van der Waals surface area contributed by atoms with Gasteiger partial charge >= 0.3 is 0 Å². The van der Waals surface area contributed by atoms with Crippen molar-refractivity contribution < 1.29 is 14.3 Å². The van der Waals surface area contributed by atoms with Crippen LogP contribution in [-0.4, -0.2) is 36.4 Å². The Morgan fingerprint density at radius 1 is 1.41 bits per heavy atom. The minimum Gasteiger partial charge on any atom is -0.483 e. The Kier molecular flexibility index (Phi) is 5.79. The molecule has 22 heavy (non-hydrogen) atoms. The number of aryl methyl sites for hydroxylation is 1. The smallest absolute Gasteiger partial charge is 0.260 e. The van der Waals surface area contributed by atoms with Crippen molar-refractivity contribution in [2.45, 2.75) is 19.8 Å². The summed E-state index contributed by atoms with van der Waals surface area (Å²) in [7, 11) is 0. The van der Waals surface area contributed by atoms with Gasteiger partial charge in [-0.05, 0) is 53.4 Å².